The zero-order valence-corrected chi connectivity index (χ0v) is 17.5. The van der Waals surface area contributed by atoms with Gasteiger partial charge in [-0.05, 0) is 74.4 Å². The Morgan fingerprint density at radius 2 is 1.61 bits per heavy atom. The minimum atomic E-state index is -1.30. The minimum absolute atomic E-state index is 0.369. The first-order chi connectivity index (χ1) is 14.7. The number of aryl methyl sites for hydroxylation is 1. The lowest BCUT2D eigenvalue weighted by molar-refractivity contribution is 0.0692. The van der Waals surface area contributed by atoms with Gasteiger partial charge in [0.2, 0.25) is 0 Å². The first-order valence-electron chi connectivity index (χ1n) is 9.90. The van der Waals surface area contributed by atoms with Crippen molar-refractivity contribution in [3.05, 3.63) is 106 Å². The van der Waals surface area contributed by atoms with E-state index in [1.165, 1.54) is 17.7 Å². The zero-order valence-electron chi connectivity index (χ0n) is 17.5. The van der Waals surface area contributed by atoms with Gasteiger partial charge in [-0.25, -0.2) is 9.18 Å². The number of carboxylic acid groups (broad SMARTS) is 1. The van der Waals surface area contributed by atoms with Gasteiger partial charge in [-0.2, -0.15) is 0 Å². The molecule has 1 aliphatic heterocycles. The van der Waals surface area contributed by atoms with Gasteiger partial charge in [0.25, 0.3) is 0 Å². The van der Waals surface area contributed by atoms with Gasteiger partial charge in [-0.1, -0.05) is 41.7 Å². The molecule has 0 amide bonds. The molecular formula is C27H21FO3. The predicted octanol–water partition coefficient (Wildman–Crippen LogP) is 5.83. The van der Waals surface area contributed by atoms with Crippen molar-refractivity contribution < 1.29 is 19.0 Å². The number of benzene rings is 3. The molecule has 0 spiro atoms. The zero-order chi connectivity index (χ0) is 22.2. The first kappa shape index (κ1) is 20.4. The SMILES string of the molecule is Cc1ccc(C2=CC(C)(C)Oc3ccc(C#Cc4ccc(C(=O)O)c(F)c4)cc32)cc1. The normalized spacial score (nSPS) is 13.9. The molecule has 4 heteroatoms. The summed E-state index contributed by atoms with van der Waals surface area (Å²) in [4.78, 5) is 11.0. The van der Waals surface area contributed by atoms with E-state index in [1.54, 1.807) is 0 Å². The third-order valence-corrected chi connectivity index (χ3v) is 5.05. The van der Waals surface area contributed by atoms with Gasteiger partial charge in [-0.15, -0.1) is 0 Å². The number of rotatable bonds is 2. The van der Waals surface area contributed by atoms with E-state index in [1.807, 2.05) is 32.0 Å². The lowest BCUT2D eigenvalue weighted by atomic mass is 9.89. The van der Waals surface area contributed by atoms with Crippen LogP contribution in [-0.2, 0) is 0 Å². The van der Waals surface area contributed by atoms with Crippen LogP contribution in [0, 0.1) is 24.6 Å². The highest BCUT2D eigenvalue weighted by Gasteiger charge is 2.27. The summed E-state index contributed by atoms with van der Waals surface area (Å²) in [6, 6.07) is 17.9. The number of hydrogen-bond donors (Lipinski definition) is 1. The second-order valence-electron chi connectivity index (χ2n) is 8.09. The van der Waals surface area contributed by atoms with E-state index in [0.29, 0.717) is 5.56 Å². The topological polar surface area (TPSA) is 46.5 Å². The highest BCUT2D eigenvalue weighted by atomic mass is 19.1. The summed E-state index contributed by atoms with van der Waals surface area (Å²) in [6.45, 7) is 6.10. The lowest BCUT2D eigenvalue weighted by Gasteiger charge is -2.31. The second-order valence-corrected chi connectivity index (χ2v) is 8.09. The third kappa shape index (κ3) is 4.36. The van der Waals surface area contributed by atoms with Crippen molar-refractivity contribution in [1.82, 2.24) is 0 Å². The minimum Gasteiger partial charge on any atom is -0.483 e. The second kappa shape index (κ2) is 7.77. The van der Waals surface area contributed by atoms with Gasteiger partial charge in [0.05, 0.1) is 5.56 Å². The number of aromatic carboxylic acids is 1. The van der Waals surface area contributed by atoms with Crippen LogP contribution in [0.4, 0.5) is 4.39 Å². The van der Waals surface area contributed by atoms with Gasteiger partial charge in [-0.3, -0.25) is 0 Å². The maximum atomic E-state index is 13.9. The largest absolute Gasteiger partial charge is 0.483 e. The molecule has 4 rings (SSSR count). The highest BCUT2D eigenvalue weighted by Crippen LogP contribution is 2.39. The summed E-state index contributed by atoms with van der Waals surface area (Å²) in [5, 5.41) is 8.95. The highest BCUT2D eigenvalue weighted by molar-refractivity contribution is 5.88. The molecule has 154 valence electrons. The van der Waals surface area contributed by atoms with E-state index in [4.69, 9.17) is 9.84 Å². The van der Waals surface area contributed by atoms with Crippen molar-refractivity contribution in [2.45, 2.75) is 26.4 Å². The van der Waals surface area contributed by atoms with Gasteiger partial charge >= 0.3 is 5.97 Å². The van der Waals surface area contributed by atoms with Gasteiger partial charge < -0.3 is 9.84 Å². The Bertz CT molecular complexity index is 1270. The van der Waals surface area contributed by atoms with Crippen LogP contribution in [0.1, 0.15) is 52.0 Å². The monoisotopic (exact) mass is 412 g/mol. The molecule has 0 aromatic heterocycles. The molecule has 0 aliphatic carbocycles. The molecule has 0 bridgehead atoms. The van der Waals surface area contributed by atoms with E-state index in [2.05, 4.69) is 49.1 Å². The molecule has 0 saturated carbocycles. The van der Waals surface area contributed by atoms with Crippen LogP contribution in [0.15, 0.2) is 66.7 Å². The maximum absolute atomic E-state index is 13.9. The van der Waals surface area contributed by atoms with Crippen molar-refractivity contribution in [3.8, 4) is 17.6 Å². The molecule has 0 fully saturated rings. The van der Waals surface area contributed by atoms with Gasteiger partial charge in [0, 0.05) is 16.7 Å². The summed E-state index contributed by atoms with van der Waals surface area (Å²) < 4.78 is 20.1. The maximum Gasteiger partial charge on any atom is 0.338 e. The molecule has 0 radical (unpaired) electrons. The van der Waals surface area contributed by atoms with E-state index in [0.717, 1.165) is 34.1 Å². The average Bonchev–Trinajstić information content (AvgIpc) is 2.71. The van der Waals surface area contributed by atoms with E-state index in [-0.39, 0.29) is 5.56 Å². The van der Waals surface area contributed by atoms with E-state index >= 15 is 0 Å². The standard InChI is InChI=1S/C27H21FO3/c1-17-4-10-20(11-5-17)23-16-27(2,3)31-25-13-9-18(14-22(23)25)6-7-19-8-12-21(26(29)30)24(28)15-19/h4-5,8-16H,1-3H3,(H,29,30). The molecule has 3 aromatic rings. The molecule has 3 aromatic carbocycles. The molecule has 0 saturated heterocycles. The molecule has 0 atom stereocenters. The number of halogens is 1. The fourth-order valence-corrected chi connectivity index (χ4v) is 3.53. The Morgan fingerprint density at radius 3 is 2.26 bits per heavy atom. The van der Waals surface area contributed by atoms with Crippen LogP contribution < -0.4 is 4.74 Å². The molecule has 1 N–H and O–H groups in total. The number of hydrogen-bond acceptors (Lipinski definition) is 2. The van der Waals surface area contributed by atoms with Crippen LogP contribution in [0.3, 0.4) is 0 Å². The first-order valence-corrected chi connectivity index (χ1v) is 9.90. The number of fused-ring (bicyclic) bond motifs is 1. The number of carboxylic acids is 1. The van der Waals surface area contributed by atoms with Crippen LogP contribution in [0.5, 0.6) is 5.75 Å². The van der Waals surface area contributed by atoms with Crippen molar-refractivity contribution >= 4 is 11.5 Å². The fourth-order valence-electron chi connectivity index (χ4n) is 3.53. The summed E-state index contributed by atoms with van der Waals surface area (Å²) in [6.07, 6.45) is 2.11. The Hall–Kier alpha value is -3.84. The summed E-state index contributed by atoms with van der Waals surface area (Å²) >= 11 is 0. The van der Waals surface area contributed by atoms with Crippen LogP contribution in [0.25, 0.3) is 5.57 Å². The quantitative estimate of drug-likeness (QED) is 0.538. The van der Waals surface area contributed by atoms with Crippen molar-refractivity contribution in [1.29, 1.82) is 0 Å². The van der Waals surface area contributed by atoms with E-state index in [9.17, 15) is 9.18 Å². The molecule has 1 aliphatic rings. The summed E-state index contributed by atoms with van der Waals surface area (Å²) in [5.74, 6) is 4.63. The Morgan fingerprint density at radius 1 is 0.968 bits per heavy atom. The smallest absolute Gasteiger partial charge is 0.338 e. The Labute approximate surface area is 180 Å². The van der Waals surface area contributed by atoms with Crippen molar-refractivity contribution in [2.24, 2.45) is 0 Å². The fraction of sp³-hybridized carbons (Fsp3) is 0.148. The summed E-state index contributed by atoms with van der Waals surface area (Å²) in [5.41, 5.74) is 4.66. The molecular weight excluding hydrogens is 391 g/mol. The van der Waals surface area contributed by atoms with Crippen molar-refractivity contribution in [2.75, 3.05) is 0 Å². The van der Waals surface area contributed by atoms with Gasteiger partial charge in [0.15, 0.2) is 0 Å². The predicted molar refractivity (Wildman–Crippen MR) is 119 cm³/mol. The Kier molecular flexibility index (Phi) is 5.12. The van der Waals surface area contributed by atoms with Crippen LogP contribution in [-0.4, -0.2) is 16.7 Å². The average molecular weight is 412 g/mol. The van der Waals surface area contributed by atoms with E-state index < -0.39 is 17.4 Å². The molecule has 1 heterocycles. The Balaban J connectivity index is 1.73. The molecule has 3 nitrogen and oxygen atoms in total. The van der Waals surface area contributed by atoms with Crippen LogP contribution in [0.2, 0.25) is 0 Å². The van der Waals surface area contributed by atoms with Crippen LogP contribution >= 0.6 is 0 Å². The third-order valence-electron chi connectivity index (χ3n) is 5.05. The number of ether oxygens (including phenoxy) is 1. The van der Waals surface area contributed by atoms with Crippen molar-refractivity contribution in [3.63, 3.8) is 0 Å². The molecule has 0 unspecified atom stereocenters. The van der Waals surface area contributed by atoms with Gasteiger partial charge in [0.1, 0.15) is 17.2 Å². The summed E-state index contributed by atoms with van der Waals surface area (Å²) in [7, 11) is 0. The lowest BCUT2D eigenvalue weighted by Crippen LogP contribution is -2.29. The number of carbonyl (C=O) groups is 1. The molecule has 31 heavy (non-hydrogen) atoms.